The first-order valence-corrected chi connectivity index (χ1v) is 10.9. The van der Waals surface area contributed by atoms with Gasteiger partial charge in [-0.25, -0.2) is 0 Å². The van der Waals surface area contributed by atoms with Crippen LogP contribution in [0.1, 0.15) is 56.1 Å². The minimum absolute atomic E-state index is 0.0445. The van der Waals surface area contributed by atoms with Crippen molar-refractivity contribution in [2.75, 3.05) is 11.9 Å². The van der Waals surface area contributed by atoms with Gasteiger partial charge < -0.3 is 10.1 Å². The van der Waals surface area contributed by atoms with Gasteiger partial charge in [0, 0.05) is 5.69 Å². The Labute approximate surface area is 180 Å². The van der Waals surface area contributed by atoms with Crippen LogP contribution >= 0.6 is 0 Å². The summed E-state index contributed by atoms with van der Waals surface area (Å²) in [5.41, 5.74) is 2.72. The number of nitrogens with one attached hydrogen (secondary N) is 1. The fourth-order valence-electron chi connectivity index (χ4n) is 3.53. The largest absolute Gasteiger partial charge is 0.494 e. The maximum atomic E-state index is 13.2. The maximum absolute atomic E-state index is 13.2. The van der Waals surface area contributed by atoms with Gasteiger partial charge in [-0.2, -0.15) is 0 Å². The van der Waals surface area contributed by atoms with Crippen LogP contribution in [-0.2, 0) is 4.79 Å². The summed E-state index contributed by atoms with van der Waals surface area (Å²) in [5, 5.41) is 3.06. The Morgan fingerprint density at radius 1 is 0.767 bits per heavy atom. The molecule has 0 fully saturated rings. The van der Waals surface area contributed by atoms with Gasteiger partial charge in [0.15, 0.2) is 0 Å². The Kier molecular flexibility index (Phi) is 8.52. The molecule has 3 aromatic rings. The third kappa shape index (κ3) is 6.48. The molecule has 1 N–H and O–H groups in total. The summed E-state index contributed by atoms with van der Waals surface area (Å²) >= 11 is 0. The van der Waals surface area contributed by atoms with E-state index in [1.54, 1.807) is 0 Å². The van der Waals surface area contributed by atoms with Gasteiger partial charge in [0.2, 0.25) is 5.91 Å². The zero-order valence-corrected chi connectivity index (χ0v) is 17.7. The first kappa shape index (κ1) is 21.6. The summed E-state index contributed by atoms with van der Waals surface area (Å²) in [4.78, 5) is 13.2. The topological polar surface area (TPSA) is 38.3 Å². The SMILES string of the molecule is CCCCCCCOc1ccc(NC(=O)C(c2ccccc2)c2ccccc2)cc1. The average Bonchev–Trinajstić information content (AvgIpc) is 2.79. The molecular formula is C27H31NO2. The van der Waals surface area contributed by atoms with Crippen molar-refractivity contribution in [1.82, 2.24) is 0 Å². The van der Waals surface area contributed by atoms with Gasteiger partial charge in [-0.05, 0) is 41.8 Å². The molecule has 3 heteroatoms. The van der Waals surface area contributed by atoms with Crippen LogP contribution in [0.2, 0.25) is 0 Å². The molecule has 0 spiro atoms. The van der Waals surface area contributed by atoms with Crippen molar-refractivity contribution >= 4 is 11.6 Å². The first-order chi connectivity index (χ1) is 14.8. The second kappa shape index (κ2) is 11.8. The number of hydrogen-bond donors (Lipinski definition) is 1. The molecule has 3 nitrogen and oxygen atoms in total. The minimum Gasteiger partial charge on any atom is -0.494 e. The lowest BCUT2D eigenvalue weighted by molar-refractivity contribution is -0.116. The summed E-state index contributed by atoms with van der Waals surface area (Å²) in [7, 11) is 0. The highest BCUT2D eigenvalue weighted by Gasteiger charge is 2.22. The Hall–Kier alpha value is -3.07. The van der Waals surface area contributed by atoms with E-state index in [0.717, 1.165) is 35.6 Å². The van der Waals surface area contributed by atoms with Crippen molar-refractivity contribution in [3.05, 3.63) is 96.1 Å². The highest BCUT2D eigenvalue weighted by Crippen LogP contribution is 2.26. The molecule has 0 unspecified atom stereocenters. The summed E-state index contributed by atoms with van der Waals surface area (Å²) in [6.07, 6.45) is 6.11. The molecule has 30 heavy (non-hydrogen) atoms. The van der Waals surface area contributed by atoms with Crippen LogP contribution in [0.5, 0.6) is 5.75 Å². The van der Waals surface area contributed by atoms with Crippen LogP contribution in [0.3, 0.4) is 0 Å². The molecule has 0 radical (unpaired) electrons. The summed E-state index contributed by atoms with van der Waals surface area (Å²) in [5.74, 6) is 0.439. The van der Waals surface area contributed by atoms with E-state index in [1.807, 2.05) is 84.9 Å². The van der Waals surface area contributed by atoms with E-state index in [9.17, 15) is 4.79 Å². The third-order valence-electron chi connectivity index (χ3n) is 5.17. The van der Waals surface area contributed by atoms with Crippen LogP contribution in [0, 0.1) is 0 Å². The molecule has 1 amide bonds. The predicted octanol–water partition coefficient (Wildman–Crippen LogP) is 6.81. The van der Waals surface area contributed by atoms with Crippen LogP contribution in [0.4, 0.5) is 5.69 Å². The van der Waals surface area contributed by atoms with Gasteiger partial charge in [0.1, 0.15) is 5.75 Å². The molecular weight excluding hydrogens is 370 g/mol. The molecule has 0 aliphatic carbocycles. The molecule has 0 heterocycles. The van der Waals surface area contributed by atoms with Crippen molar-refractivity contribution in [3.63, 3.8) is 0 Å². The zero-order valence-electron chi connectivity index (χ0n) is 17.7. The molecule has 3 aromatic carbocycles. The number of amides is 1. The van der Waals surface area contributed by atoms with Crippen LogP contribution in [0.25, 0.3) is 0 Å². The van der Waals surface area contributed by atoms with Crippen molar-refractivity contribution < 1.29 is 9.53 Å². The molecule has 0 aromatic heterocycles. The minimum atomic E-state index is -0.355. The van der Waals surface area contributed by atoms with Gasteiger partial charge in [0.25, 0.3) is 0 Å². The Balaban J connectivity index is 1.61. The number of benzene rings is 3. The lowest BCUT2D eigenvalue weighted by atomic mass is 9.90. The van der Waals surface area contributed by atoms with Crippen LogP contribution < -0.4 is 10.1 Å². The molecule has 156 valence electrons. The lowest BCUT2D eigenvalue weighted by Crippen LogP contribution is -2.22. The summed E-state index contributed by atoms with van der Waals surface area (Å²) in [6, 6.07) is 27.4. The maximum Gasteiger partial charge on any atom is 0.236 e. The Bertz CT molecular complexity index is 836. The monoisotopic (exact) mass is 401 g/mol. The van der Waals surface area contributed by atoms with E-state index in [4.69, 9.17) is 4.74 Å². The van der Waals surface area contributed by atoms with Crippen molar-refractivity contribution in [2.45, 2.75) is 44.9 Å². The normalized spacial score (nSPS) is 10.7. The molecule has 0 aliphatic heterocycles. The number of ether oxygens (including phenoxy) is 1. The van der Waals surface area contributed by atoms with Gasteiger partial charge in [-0.1, -0.05) is 93.3 Å². The van der Waals surface area contributed by atoms with E-state index in [-0.39, 0.29) is 11.8 Å². The molecule has 0 bridgehead atoms. The fraction of sp³-hybridized carbons (Fsp3) is 0.296. The standard InChI is InChI=1S/C27H31NO2/c1-2-3-4-5-12-21-30-25-19-17-24(18-20-25)28-27(29)26(22-13-8-6-9-14-22)23-15-10-7-11-16-23/h6-11,13-20,26H,2-5,12,21H2,1H3,(H,28,29). The first-order valence-electron chi connectivity index (χ1n) is 10.9. The zero-order chi connectivity index (χ0) is 21.0. The van der Waals surface area contributed by atoms with Crippen molar-refractivity contribution in [2.24, 2.45) is 0 Å². The fourth-order valence-corrected chi connectivity index (χ4v) is 3.53. The number of carbonyl (C=O) groups is 1. The van der Waals surface area contributed by atoms with Crippen LogP contribution in [-0.4, -0.2) is 12.5 Å². The van der Waals surface area contributed by atoms with E-state index in [1.165, 1.54) is 25.7 Å². The summed E-state index contributed by atoms with van der Waals surface area (Å²) < 4.78 is 5.82. The number of unbranched alkanes of at least 4 members (excludes halogenated alkanes) is 4. The lowest BCUT2D eigenvalue weighted by Gasteiger charge is -2.18. The molecule has 3 rings (SSSR count). The Morgan fingerprint density at radius 2 is 1.33 bits per heavy atom. The van der Waals surface area contributed by atoms with E-state index in [0.29, 0.717) is 0 Å². The second-order valence-electron chi connectivity index (χ2n) is 7.53. The molecule has 0 aliphatic rings. The van der Waals surface area contributed by atoms with Gasteiger partial charge in [0.05, 0.1) is 12.5 Å². The van der Waals surface area contributed by atoms with Gasteiger partial charge in [-0.3, -0.25) is 4.79 Å². The third-order valence-corrected chi connectivity index (χ3v) is 5.17. The molecule has 0 saturated carbocycles. The highest BCUT2D eigenvalue weighted by molar-refractivity contribution is 5.98. The summed E-state index contributed by atoms with van der Waals surface area (Å²) in [6.45, 7) is 2.96. The average molecular weight is 402 g/mol. The second-order valence-corrected chi connectivity index (χ2v) is 7.53. The molecule has 0 atom stereocenters. The predicted molar refractivity (Wildman–Crippen MR) is 124 cm³/mol. The quantitative estimate of drug-likeness (QED) is 0.359. The van der Waals surface area contributed by atoms with E-state index in [2.05, 4.69) is 12.2 Å². The van der Waals surface area contributed by atoms with E-state index >= 15 is 0 Å². The van der Waals surface area contributed by atoms with Crippen molar-refractivity contribution in [1.29, 1.82) is 0 Å². The van der Waals surface area contributed by atoms with E-state index < -0.39 is 0 Å². The smallest absolute Gasteiger partial charge is 0.236 e. The van der Waals surface area contributed by atoms with Gasteiger partial charge in [-0.15, -0.1) is 0 Å². The number of hydrogen-bond acceptors (Lipinski definition) is 2. The Morgan fingerprint density at radius 3 is 1.90 bits per heavy atom. The number of rotatable bonds is 11. The number of carbonyl (C=O) groups excluding carboxylic acids is 1. The van der Waals surface area contributed by atoms with Gasteiger partial charge >= 0.3 is 0 Å². The van der Waals surface area contributed by atoms with Crippen molar-refractivity contribution in [3.8, 4) is 5.75 Å². The number of anilines is 1. The molecule has 0 saturated heterocycles. The van der Waals surface area contributed by atoms with Crippen LogP contribution in [0.15, 0.2) is 84.9 Å². The highest BCUT2D eigenvalue weighted by atomic mass is 16.5.